The van der Waals surface area contributed by atoms with Crippen LogP contribution in [0.2, 0.25) is 0 Å². The van der Waals surface area contributed by atoms with E-state index in [-0.39, 0.29) is 29.7 Å². The van der Waals surface area contributed by atoms with Crippen molar-refractivity contribution in [2.45, 2.75) is 52.1 Å². The molecule has 1 amide bonds. The Balaban J connectivity index is 0.00000300. The highest BCUT2D eigenvalue weighted by Crippen LogP contribution is 2.32. The summed E-state index contributed by atoms with van der Waals surface area (Å²) < 4.78 is 5.43. The van der Waals surface area contributed by atoms with Gasteiger partial charge < -0.3 is 20.4 Å². The molecule has 8 heteroatoms. The van der Waals surface area contributed by atoms with Crippen molar-refractivity contribution >= 4 is 35.8 Å². The number of guanidine groups is 1. The molecule has 3 N–H and O–H groups in total. The molecular formula is C21H36IN5O2. The van der Waals surface area contributed by atoms with Crippen LogP contribution in [0.4, 0.5) is 0 Å². The van der Waals surface area contributed by atoms with E-state index in [1.165, 1.54) is 25.7 Å². The summed E-state index contributed by atoms with van der Waals surface area (Å²) in [4.78, 5) is 20.5. The highest BCUT2D eigenvalue weighted by atomic mass is 127. The average Bonchev–Trinajstić information content (AvgIpc) is 3.18. The van der Waals surface area contributed by atoms with Gasteiger partial charge in [0.15, 0.2) is 11.7 Å². The summed E-state index contributed by atoms with van der Waals surface area (Å²) in [5, 5.41) is 3.33. The molecule has 3 rings (SSSR count). The molecule has 164 valence electrons. The van der Waals surface area contributed by atoms with Crippen LogP contribution in [0.5, 0.6) is 0 Å². The molecule has 0 unspecified atom stereocenters. The van der Waals surface area contributed by atoms with E-state index in [1.54, 1.807) is 19.2 Å². The number of primary amides is 1. The molecule has 0 aromatic carbocycles. The van der Waals surface area contributed by atoms with Crippen molar-refractivity contribution < 1.29 is 9.21 Å². The topological polar surface area (TPSA) is 87.1 Å². The van der Waals surface area contributed by atoms with Crippen molar-refractivity contribution in [3.05, 3.63) is 23.7 Å². The number of nitrogens with one attached hydrogen (secondary N) is 1. The minimum absolute atomic E-state index is 0. The van der Waals surface area contributed by atoms with Crippen molar-refractivity contribution in [3.63, 3.8) is 0 Å². The number of piperazine rings is 1. The summed E-state index contributed by atoms with van der Waals surface area (Å²) in [6.07, 6.45) is 5.44. The molecule has 0 bridgehead atoms. The van der Waals surface area contributed by atoms with E-state index < -0.39 is 5.91 Å². The van der Waals surface area contributed by atoms with Crippen LogP contribution >= 0.6 is 24.0 Å². The molecule has 2 aliphatic rings. The number of amides is 1. The second-order valence-corrected chi connectivity index (χ2v) is 8.37. The second kappa shape index (κ2) is 11.2. The van der Waals surface area contributed by atoms with Gasteiger partial charge in [0, 0.05) is 39.3 Å². The van der Waals surface area contributed by atoms with Gasteiger partial charge >= 0.3 is 0 Å². The zero-order valence-electron chi connectivity index (χ0n) is 17.9. The first-order valence-electron chi connectivity index (χ1n) is 10.6. The molecule has 1 saturated carbocycles. The van der Waals surface area contributed by atoms with Crippen molar-refractivity contribution in [1.82, 2.24) is 15.1 Å². The van der Waals surface area contributed by atoms with Crippen LogP contribution < -0.4 is 11.1 Å². The lowest BCUT2D eigenvalue weighted by Crippen LogP contribution is -2.55. The zero-order chi connectivity index (χ0) is 20.1. The van der Waals surface area contributed by atoms with Gasteiger partial charge in [0.2, 0.25) is 0 Å². The Morgan fingerprint density at radius 1 is 1.21 bits per heavy atom. The highest BCUT2D eigenvalue weighted by molar-refractivity contribution is 14.0. The van der Waals surface area contributed by atoms with Gasteiger partial charge in [-0.1, -0.05) is 13.8 Å². The van der Waals surface area contributed by atoms with Gasteiger partial charge in [0.25, 0.3) is 5.91 Å². The van der Waals surface area contributed by atoms with Crippen molar-refractivity contribution in [2.24, 2.45) is 22.6 Å². The van der Waals surface area contributed by atoms with E-state index in [4.69, 9.17) is 10.2 Å². The van der Waals surface area contributed by atoms with Gasteiger partial charge in [-0.3, -0.25) is 14.7 Å². The van der Waals surface area contributed by atoms with Crippen LogP contribution in [0.15, 0.2) is 21.5 Å². The van der Waals surface area contributed by atoms with Gasteiger partial charge in [-0.15, -0.1) is 24.0 Å². The van der Waals surface area contributed by atoms with Crippen LogP contribution in [0, 0.1) is 11.8 Å². The minimum Gasteiger partial charge on any atom is -0.454 e. The molecule has 0 spiro atoms. The predicted molar refractivity (Wildman–Crippen MR) is 127 cm³/mol. The Kier molecular flexibility index (Phi) is 9.26. The molecule has 2 fully saturated rings. The zero-order valence-corrected chi connectivity index (χ0v) is 20.2. The Labute approximate surface area is 191 Å². The molecule has 1 aromatic rings. The third kappa shape index (κ3) is 6.34. The fourth-order valence-electron chi connectivity index (χ4n) is 4.54. The number of hydrogen-bond acceptors (Lipinski definition) is 4. The summed E-state index contributed by atoms with van der Waals surface area (Å²) in [5.41, 5.74) is 5.23. The molecule has 29 heavy (non-hydrogen) atoms. The quantitative estimate of drug-likeness (QED) is 0.357. The summed E-state index contributed by atoms with van der Waals surface area (Å²) in [5.74, 6) is 2.93. The fraction of sp³-hybridized carbons (Fsp3) is 0.714. The summed E-state index contributed by atoms with van der Waals surface area (Å²) in [7, 11) is 1.80. The van der Waals surface area contributed by atoms with E-state index >= 15 is 0 Å². The number of carbonyl (C=O) groups excluding carboxylic acids is 1. The summed E-state index contributed by atoms with van der Waals surface area (Å²) >= 11 is 0. The lowest BCUT2D eigenvalue weighted by atomic mass is 9.79. The first-order valence-corrected chi connectivity index (χ1v) is 10.6. The number of carbonyl (C=O) groups is 1. The average molecular weight is 517 g/mol. The maximum absolute atomic E-state index is 11.1. The largest absolute Gasteiger partial charge is 0.454 e. The number of nitrogens with zero attached hydrogens (tertiary/aromatic N) is 3. The Hall–Kier alpha value is -1.29. The molecule has 1 aliphatic carbocycles. The molecule has 0 radical (unpaired) electrons. The predicted octanol–water partition coefficient (Wildman–Crippen LogP) is 2.90. The normalized spacial score (nSPS) is 23.7. The number of rotatable bonds is 5. The van der Waals surface area contributed by atoms with Crippen LogP contribution in [0.1, 0.15) is 55.8 Å². The van der Waals surface area contributed by atoms with E-state index in [9.17, 15) is 4.79 Å². The van der Waals surface area contributed by atoms with Crippen LogP contribution in [0.25, 0.3) is 0 Å². The van der Waals surface area contributed by atoms with Crippen LogP contribution in [-0.4, -0.2) is 60.9 Å². The Bertz CT molecular complexity index is 674. The summed E-state index contributed by atoms with van der Waals surface area (Å²) in [6, 6.07) is 4.13. The van der Waals surface area contributed by atoms with Crippen molar-refractivity contribution in [2.75, 3.05) is 33.2 Å². The molecule has 7 nitrogen and oxygen atoms in total. The highest BCUT2D eigenvalue weighted by Gasteiger charge is 2.29. The Morgan fingerprint density at radius 2 is 1.86 bits per heavy atom. The van der Waals surface area contributed by atoms with Gasteiger partial charge in [0.05, 0.1) is 6.54 Å². The number of furan rings is 1. The molecule has 2 heterocycles. The molecule has 1 aliphatic heterocycles. The van der Waals surface area contributed by atoms with Crippen molar-refractivity contribution in [3.8, 4) is 0 Å². The van der Waals surface area contributed by atoms with Gasteiger partial charge in [-0.25, -0.2) is 0 Å². The lowest BCUT2D eigenvalue weighted by molar-refractivity contribution is 0.0863. The first kappa shape index (κ1) is 24.0. The lowest BCUT2D eigenvalue weighted by Gasteiger charge is -2.43. The number of aliphatic imine (C=N–C) groups is 1. The molecular weight excluding hydrogens is 481 g/mol. The van der Waals surface area contributed by atoms with Crippen LogP contribution in [0.3, 0.4) is 0 Å². The van der Waals surface area contributed by atoms with Gasteiger partial charge in [-0.05, 0) is 49.7 Å². The third-order valence-electron chi connectivity index (χ3n) is 6.35. The summed E-state index contributed by atoms with van der Waals surface area (Å²) in [6.45, 7) is 9.34. The maximum Gasteiger partial charge on any atom is 0.284 e. The van der Waals surface area contributed by atoms with E-state index in [0.29, 0.717) is 12.3 Å². The SMILES string of the molecule is CN=C(NCc1ccc(C(N)=O)o1)N1CCN(C2CCC(C(C)C)CC2)CC1.I. The van der Waals surface area contributed by atoms with Gasteiger partial charge in [0.1, 0.15) is 5.76 Å². The smallest absolute Gasteiger partial charge is 0.284 e. The second-order valence-electron chi connectivity index (χ2n) is 8.37. The van der Waals surface area contributed by atoms with E-state index in [0.717, 1.165) is 50.0 Å². The number of halogens is 1. The molecule has 0 atom stereocenters. The van der Waals surface area contributed by atoms with Crippen LogP contribution in [-0.2, 0) is 6.54 Å². The molecule has 1 aromatic heterocycles. The fourth-order valence-corrected chi connectivity index (χ4v) is 4.54. The van der Waals surface area contributed by atoms with E-state index in [1.807, 2.05) is 0 Å². The first-order chi connectivity index (χ1) is 13.5. The van der Waals surface area contributed by atoms with Crippen molar-refractivity contribution in [1.29, 1.82) is 0 Å². The number of hydrogen-bond donors (Lipinski definition) is 2. The van der Waals surface area contributed by atoms with E-state index in [2.05, 4.69) is 34.0 Å². The minimum atomic E-state index is -0.547. The standard InChI is InChI=1S/C21H35N5O2.HI/c1-15(2)16-4-6-17(7-5-16)25-10-12-26(13-11-25)21(23-3)24-14-18-8-9-19(28-18)20(22)27;/h8-9,15-17H,4-7,10-14H2,1-3H3,(H2,22,27)(H,23,24);1H. The monoisotopic (exact) mass is 517 g/mol. The Morgan fingerprint density at radius 3 is 2.38 bits per heavy atom. The van der Waals surface area contributed by atoms with Gasteiger partial charge in [-0.2, -0.15) is 0 Å². The molecule has 1 saturated heterocycles. The third-order valence-corrected chi connectivity index (χ3v) is 6.35. The number of nitrogens with two attached hydrogens (primary N) is 1. The maximum atomic E-state index is 11.1.